The first-order valence-electron chi connectivity index (χ1n) is 7.93. The molecular formula is C17H32O2Si. The van der Waals surface area contributed by atoms with Crippen molar-refractivity contribution >= 4 is 8.32 Å². The van der Waals surface area contributed by atoms with Crippen molar-refractivity contribution in [1.82, 2.24) is 0 Å². The van der Waals surface area contributed by atoms with E-state index in [-0.39, 0.29) is 0 Å². The summed E-state index contributed by atoms with van der Waals surface area (Å²) in [5, 5.41) is 0. The number of hydrogen-bond acceptors (Lipinski definition) is 2. The van der Waals surface area contributed by atoms with Crippen molar-refractivity contribution in [3.05, 3.63) is 23.7 Å². The van der Waals surface area contributed by atoms with Crippen molar-refractivity contribution < 1.29 is 8.84 Å². The summed E-state index contributed by atoms with van der Waals surface area (Å²) in [7, 11) is -1.78. The van der Waals surface area contributed by atoms with E-state index in [1.54, 1.807) is 6.26 Å². The van der Waals surface area contributed by atoms with E-state index in [0.29, 0.717) is 29.1 Å². The van der Waals surface area contributed by atoms with Gasteiger partial charge in [0.15, 0.2) is 0 Å². The Morgan fingerprint density at radius 2 is 1.45 bits per heavy atom. The van der Waals surface area contributed by atoms with Gasteiger partial charge in [0, 0.05) is 11.5 Å². The Labute approximate surface area is 126 Å². The average molecular weight is 297 g/mol. The van der Waals surface area contributed by atoms with Gasteiger partial charge in [-0.3, -0.25) is 0 Å². The Morgan fingerprint density at radius 3 is 1.85 bits per heavy atom. The van der Waals surface area contributed by atoms with Crippen LogP contribution < -0.4 is 0 Å². The van der Waals surface area contributed by atoms with Crippen LogP contribution in [0.25, 0.3) is 0 Å². The van der Waals surface area contributed by atoms with Crippen molar-refractivity contribution in [3.63, 3.8) is 0 Å². The van der Waals surface area contributed by atoms with Gasteiger partial charge in [-0.15, -0.1) is 0 Å². The van der Waals surface area contributed by atoms with Crippen LogP contribution in [0, 0.1) is 0 Å². The molecule has 3 heteroatoms. The minimum Gasteiger partial charge on any atom is -0.469 e. The summed E-state index contributed by atoms with van der Waals surface area (Å²) >= 11 is 0. The van der Waals surface area contributed by atoms with Crippen LogP contribution in [0.3, 0.4) is 0 Å². The molecule has 20 heavy (non-hydrogen) atoms. The van der Waals surface area contributed by atoms with E-state index < -0.39 is 8.32 Å². The second-order valence-electron chi connectivity index (χ2n) is 7.07. The van der Waals surface area contributed by atoms with Crippen LogP contribution in [-0.2, 0) is 11.0 Å². The lowest BCUT2D eigenvalue weighted by atomic mass is 10.1. The zero-order chi connectivity index (χ0) is 15.5. The molecule has 0 saturated heterocycles. The van der Waals surface area contributed by atoms with E-state index in [1.807, 2.05) is 0 Å². The fourth-order valence-electron chi connectivity index (χ4n) is 3.68. The Bertz CT molecular complexity index is 383. The van der Waals surface area contributed by atoms with Gasteiger partial charge in [0.05, 0.1) is 12.9 Å². The molecule has 1 aromatic heterocycles. The van der Waals surface area contributed by atoms with Crippen molar-refractivity contribution in [2.24, 2.45) is 0 Å². The van der Waals surface area contributed by atoms with E-state index in [4.69, 9.17) is 8.84 Å². The lowest BCUT2D eigenvalue weighted by Crippen LogP contribution is -2.47. The predicted molar refractivity (Wildman–Crippen MR) is 88.6 cm³/mol. The Balaban J connectivity index is 2.95. The first kappa shape index (κ1) is 17.5. The maximum absolute atomic E-state index is 6.63. The van der Waals surface area contributed by atoms with E-state index >= 15 is 0 Å². The Morgan fingerprint density at radius 1 is 0.950 bits per heavy atom. The van der Waals surface area contributed by atoms with Gasteiger partial charge in [0.2, 0.25) is 8.32 Å². The van der Waals surface area contributed by atoms with Gasteiger partial charge in [-0.05, 0) is 22.7 Å². The molecule has 0 aliphatic heterocycles. The van der Waals surface area contributed by atoms with Crippen molar-refractivity contribution in [1.29, 1.82) is 0 Å². The molecule has 1 heterocycles. The topological polar surface area (TPSA) is 22.4 Å². The van der Waals surface area contributed by atoms with Crippen LogP contribution in [0.1, 0.15) is 72.6 Å². The first-order chi connectivity index (χ1) is 9.23. The predicted octanol–water partition coefficient (Wildman–Crippen LogP) is 6.10. The summed E-state index contributed by atoms with van der Waals surface area (Å²) in [6.45, 7) is 19.0. The number of furan rings is 1. The largest absolute Gasteiger partial charge is 0.469 e. The van der Waals surface area contributed by atoms with Crippen LogP contribution in [0.4, 0.5) is 0 Å². The minimum absolute atomic E-state index is 0.414. The molecule has 1 rings (SSSR count). The van der Waals surface area contributed by atoms with Gasteiger partial charge < -0.3 is 8.84 Å². The third-order valence-electron chi connectivity index (χ3n) is 4.49. The van der Waals surface area contributed by atoms with E-state index in [1.165, 1.54) is 5.56 Å². The van der Waals surface area contributed by atoms with Gasteiger partial charge in [0.1, 0.15) is 5.76 Å². The number of rotatable bonds is 7. The maximum Gasteiger partial charge on any atom is 0.200 e. The minimum atomic E-state index is -1.78. The molecule has 0 unspecified atom stereocenters. The van der Waals surface area contributed by atoms with Crippen molar-refractivity contribution in [2.45, 2.75) is 84.5 Å². The summed E-state index contributed by atoms with van der Waals surface area (Å²) in [4.78, 5) is 0. The summed E-state index contributed by atoms with van der Waals surface area (Å²) in [5.41, 5.74) is 3.09. The molecule has 0 aliphatic carbocycles. The van der Waals surface area contributed by atoms with Crippen LogP contribution in [0.15, 0.2) is 16.7 Å². The molecular weight excluding hydrogens is 264 g/mol. The van der Waals surface area contributed by atoms with Gasteiger partial charge >= 0.3 is 0 Å². The zero-order valence-electron chi connectivity index (χ0n) is 14.5. The van der Waals surface area contributed by atoms with Gasteiger partial charge in [0.25, 0.3) is 0 Å². The molecule has 0 saturated carbocycles. The molecule has 0 aliphatic rings. The molecule has 0 amide bonds. The highest BCUT2D eigenvalue weighted by Crippen LogP contribution is 2.43. The second kappa shape index (κ2) is 6.95. The molecule has 116 valence electrons. The molecule has 0 N–H and O–H groups in total. The van der Waals surface area contributed by atoms with Crippen LogP contribution >= 0.6 is 0 Å². The maximum atomic E-state index is 6.63. The normalized spacial score (nSPS) is 13.2. The monoisotopic (exact) mass is 296 g/mol. The molecule has 1 aromatic rings. The van der Waals surface area contributed by atoms with Gasteiger partial charge in [-0.1, -0.05) is 55.4 Å². The molecule has 2 nitrogen and oxygen atoms in total. The summed E-state index contributed by atoms with van der Waals surface area (Å²) in [5.74, 6) is 1.49. The van der Waals surface area contributed by atoms with Gasteiger partial charge in [-0.25, -0.2) is 0 Å². The second-order valence-corrected chi connectivity index (χ2v) is 12.5. The Hall–Kier alpha value is -0.543. The van der Waals surface area contributed by atoms with Crippen molar-refractivity contribution in [2.75, 3.05) is 0 Å². The zero-order valence-corrected chi connectivity index (χ0v) is 15.5. The van der Waals surface area contributed by atoms with E-state index in [9.17, 15) is 0 Å². The molecule has 0 bridgehead atoms. The van der Waals surface area contributed by atoms with Crippen LogP contribution in [-0.4, -0.2) is 8.32 Å². The molecule has 0 fully saturated rings. The number of hydrogen-bond donors (Lipinski definition) is 0. The Kier molecular flexibility index (Phi) is 6.08. The molecule has 0 radical (unpaired) electrons. The first-order valence-corrected chi connectivity index (χ1v) is 10.1. The lowest BCUT2D eigenvalue weighted by Gasteiger charge is -2.42. The fraction of sp³-hybridized carbons (Fsp3) is 0.765. The van der Waals surface area contributed by atoms with Crippen molar-refractivity contribution in [3.8, 4) is 0 Å². The fourth-order valence-corrected chi connectivity index (χ4v) is 9.08. The highest BCUT2D eigenvalue weighted by molar-refractivity contribution is 6.77. The van der Waals surface area contributed by atoms with Crippen LogP contribution in [0.2, 0.25) is 16.6 Å². The summed E-state index contributed by atoms with van der Waals surface area (Å²) in [6, 6.07) is 2.06. The quantitative estimate of drug-likeness (QED) is 0.568. The lowest BCUT2D eigenvalue weighted by molar-refractivity contribution is 0.262. The van der Waals surface area contributed by atoms with Gasteiger partial charge in [-0.2, -0.15) is 0 Å². The molecule has 0 atom stereocenters. The standard InChI is InChI=1S/C17H32O2Si/c1-12(2)17-16(9-10-18-17)11-19-20(13(3)4,14(5)6)15(7)8/h9-10,12-15H,11H2,1-8H3. The summed E-state index contributed by atoms with van der Waals surface area (Å²) in [6.07, 6.45) is 1.79. The third kappa shape index (κ3) is 3.37. The summed E-state index contributed by atoms with van der Waals surface area (Å²) < 4.78 is 12.2. The highest BCUT2D eigenvalue weighted by atomic mass is 28.4. The highest BCUT2D eigenvalue weighted by Gasteiger charge is 2.45. The van der Waals surface area contributed by atoms with Crippen LogP contribution in [0.5, 0.6) is 0 Å². The smallest absolute Gasteiger partial charge is 0.200 e. The molecule has 0 spiro atoms. The SMILES string of the molecule is CC(C)c1occc1CO[Si](C(C)C)(C(C)C)C(C)C. The van der Waals surface area contributed by atoms with E-state index in [2.05, 4.69) is 61.5 Å². The van der Waals surface area contributed by atoms with E-state index in [0.717, 1.165) is 5.76 Å². The molecule has 0 aromatic carbocycles. The average Bonchev–Trinajstić information content (AvgIpc) is 2.76. The third-order valence-corrected chi connectivity index (χ3v) is 10.5.